The Labute approximate surface area is 102 Å². The van der Waals surface area contributed by atoms with Crippen molar-refractivity contribution in [2.75, 3.05) is 18.1 Å². The van der Waals surface area contributed by atoms with Crippen LogP contribution in [0.5, 0.6) is 5.75 Å². The molecule has 0 spiro atoms. The van der Waals surface area contributed by atoms with E-state index in [9.17, 15) is 0 Å². The fourth-order valence-corrected chi connectivity index (χ4v) is 1.96. The molecule has 0 saturated carbocycles. The van der Waals surface area contributed by atoms with Gasteiger partial charge in [-0.05, 0) is 43.2 Å². The van der Waals surface area contributed by atoms with Crippen LogP contribution in [0.2, 0.25) is 0 Å². The molecule has 0 aliphatic heterocycles. The third-order valence-corrected chi connectivity index (χ3v) is 3.02. The number of hydrogen-bond donors (Lipinski definition) is 0. The van der Waals surface area contributed by atoms with E-state index in [2.05, 4.69) is 19.1 Å². The molecule has 0 radical (unpaired) electrons. The first-order valence-electron chi connectivity index (χ1n) is 5.47. The van der Waals surface area contributed by atoms with Gasteiger partial charge in [0.25, 0.3) is 0 Å². The van der Waals surface area contributed by atoms with Crippen LogP contribution in [0.4, 0.5) is 0 Å². The zero-order valence-corrected chi connectivity index (χ0v) is 10.4. The Morgan fingerprint density at radius 1 is 1.38 bits per heavy atom. The first-order valence-corrected chi connectivity index (χ1v) is 6.62. The van der Waals surface area contributed by atoms with Crippen LogP contribution in [0.25, 0.3) is 0 Å². The van der Waals surface area contributed by atoms with Gasteiger partial charge < -0.3 is 4.74 Å². The van der Waals surface area contributed by atoms with Gasteiger partial charge in [-0.15, -0.1) is 11.8 Å². The zero-order valence-electron chi connectivity index (χ0n) is 9.61. The molecule has 0 unspecified atom stereocenters. The average molecular weight is 235 g/mol. The average Bonchev–Trinajstić information content (AvgIpc) is 2.28. The lowest BCUT2D eigenvalue weighted by Gasteiger charge is -2.06. The molecule has 16 heavy (non-hydrogen) atoms. The van der Waals surface area contributed by atoms with Gasteiger partial charge in [0.1, 0.15) is 5.75 Å². The normalized spacial score (nSPS) is 9.75. The molecule has 3 heteroatoms. The van der Waals surface area contributed by atoms with Gasteiger partial charge in [0.2, 0.25) is 0 Å². The Hall–Kier alpha value is -1.14. The lowest BCUT2D eigenvalue weighted by atomic mass is 10.2. The van der Waals surface area contributed by atoms with Crippen molar-refractivity contribution in [2.24, 2.45) is 0 Å². The third kappa shape index (κ3) is 5.67. The van der Waals surface area contributed by atoms with E-state index < -0.39 is 0 Å². The third-order valence-electron chi connectivity index (χ3n) is 2.11. The Kier molecular flexibility index (Phi) is 6.52. The first kappa shape index (κ1) is 12.9. The van der Waals surface area contributed by atoms with Gasteiger partial charge in [-0.1, -0.05) is 12.1 Å². The van der Waals surface area contributed by atoms with Gasteiger partial charge in [-0.2, -0.15) is 5.26 Å². The van der Waals surface area contributed by atoms with Crippen molar-refractivity contribution in [1.29, 1.82) is 5.26 Å². The molecule has 0 aliphatic rings. The number of unbranched alkanes of at least 4 members (excludes halogenated alkanes) is 1. The number of nitrogens with zero attached hydrogens (tertiary/aromatic N) is 1. The minimum absolute atomic E-state index is 0.596. The molecule has 0 N–H and O–H groups in total. The number of aryl methyl sites for hydroxylation is 1. The Bertz CT molecular complexity index is 346. The minimum atomic E-state index is 0.596. The SMILES string of the molecule is Cc1cccc(OCCCCSCC#N)c1. The quantitative estimate of drug-likeness (QED) is 0.679. The number of ether oxygens (including phenoxy) is 1. The van der Waals surface area contributed by atoms with Gasteiger partial charge in [0.05, 0.1) is 18.4 Å². The standard InChI is InChI=1S/C13H17NOS/c1-12-5-4-6-13(11-12)15-8-2-3-9-16-10-7-14/h4-6,11H,2-3,8-10H2,1H3. The molecule has 1 aromatic rings. The highest BCUT2D eigenvalue weighted by molar-refractivity contribution is 7.99. The van der Waals surface area contributed by atoms with Gasteiger partial charge in [0.15, 0.2) is 0 Å². The highest BCUT2D eigenvalue weighted by Crippen LogP contribution is 2.13. The van der Waals surface area contributed by atoms with E-state index >= 15 is 0 Å². The van der Waals surface area contributed by atoms with Crippen LogP contribution < -0.4 is 4.74 Å². The summed E-state index contributed by atoms with van der Waals surface area (Å²) < 4.78 is 5.62. The summed E-state index contributed by atoms with van der Waals surface area (Å²) in [5, 5.41) is 8.35. The summed E-state index contributed by atoms with van der Waals surface area (Å²) in [5.41, 5.74) is 1.22. The Balaban J connectivity index is 2.05. The maximum atomic E-state index is 8.35. The predicted molar refractivity (Wildman–Crippen MR) is 68.8 cm³/mol. The summed E-state index contributed by atoms with van der Waals surface area (Å²) >= 11 is 1.69. The molecule has 2 nitrogen and oxygen atoms in total. The van der Waals surface area contributed by atoms with Crippen LogP contribution in [-0.4, -0.2) is 18.1 Å². The molecule has 0 fully saturated rings. The smallest absolute Gasteiger partial charge is 0.119 e. The van der Waals surface area contributed by atoms with E-state index in [-0.39, 0.29) is 0 Å². The summed E-state index contributed by atoms with van der Waals surface area (Å²) in [5.74, 6) is 2.59. The molecule has 86 valence electrons. The number of thioether (sulfide) groups is 1. The molecule has 0 aromatic heterocycles. The van der Waals surface area contributed by atoms with Crippen LogP contribution in [-0.2, 0) is 0 Å². The molecular formula is C13H17NOS. The fourth-order valence-electron chi connectivity index (χ4n) is 1.32. The van der Waals surface area contributed by atoms with Crippen LogP contribution in [0.1, 0.15) is 18.4 Å². The van der Waals surface area contributed by atoms with Crippen molar-refractivity contribution in [3.05, 3.63) is 29.8 Å². The maximum Gasteiger partial charge on any atom is 0.119 e. The first-order chi connectivity index (χ1) is 7.83. The van der Waals surface area contributed by atoms with Crippen molar-refractivity contribution >= 4 is 11.8 Å². The minimum Gasteiger partial charge on any atom is -0.494 e. The van der Waals surface area contributed by atoms with Crippen LogP contribution >= 0.6 is 11.8 Å². The Morgan fingerprint density at radius 2 is 2.25 bits per heavy atom. The van der Waals surface area contributed by atoms with Crippen molar-refractivity contribution in [3.63, 3.8) is 0 Å². The topological polar surface area (TPSA) is 33.0 Å². The number of rotatable bonds is 7. The summed E-state index contributed by atoms with van der Waals surface area (Å²) in [4.78, 5) is 0. The van der Waals surface area contributed by atoms with Gasteiger partial charge >= 0.3 is 0 Å². The Morgan fingerprint density at radius 3 is 3.00 bits per heavy atom. The molecular weight excluding hydrogens is 218 g/mol. The highest BCUT2D eigenvalue weighted by atomic mass is 32.2. The maximum absolute atomic E-state index is 8.35. The van der Waals surface area contributed by atoms with Crippen molar-refractivity contribution in [1.82, 2.24) is 0 Å². The summed E-state index contributed by atoms with van der Waals surface area (Å²) in [6.07, 6.45) is 2.16. The van der Waals surface area contributed by atoms with E-state index in [4.69, 9.17) is 10.00 Å². The molecule has 0 bridgehead atoms. The zero-order chi connectivity index (χ0) is 11.6. The molecule has 0 saturated heterocycles. The van der Waals surface area contributed by atoms with Gasteiger partial charge in [-0.25, -0.2) is 0 Å². The molecule has 1 rings (SSSR count). The van der Waals surface area contributed by atoms with Crippen molar-refractivity contribution in [3.8, 4) is 11.8 Å². The number of nitriles is 1. The largest absolute Gasteiger partial charge is 0.494 e. The fraction of sp³-hybridized carbons (Fsp3) is 0.462. The van der Waals surface area contributed by atoms with E-state index in [1.165, 1.54) is 5.56 Å². The molecule has 1 aromatic carbocycles. The highest BCUT2D eigenvalue weighted by Gasteiger charge is 1.94. The predicted octanol–water partition coefficient (Wildman–Crippen LogP) is 3.41. The lowest BCUT2D eigenvalue weighted by molar-refractivity contribution is 0.309. The van der Waals surface area contributed by atoms with E-state index in [1.807, 2.05) is 18.2 Å². The molecule has 0 aliphatic carbocycles. The van der Waals surface area contributed by atoms with Crippen molar-refractivity contribution < 1.29 is 4.74 Å². The second-order valence-corrected chi connectivity index (χ2v) is 4.69. The molecule has 0 atom stereocenters. The second kappa shape index (κ2) is 8.06. The molecule has 0 heterocycles. The van der Waals surface area contributed by atoms with E-state index in [0.717, 1.165) is 31.0 Å². The lowest BCUT2D eigenvalue weighted by Crippen LogP contribution is -1.98. The van der Waals surface area contributed by atoms with Gasteiger partial charge in [-0.3, -0.25) is 0 Å². The summed E-state index contributed by atoms with van der Waals surface area (Å²) in [6, 6.07) is 10.2. The summed E-state index contributed by atoms with van der Waals surface area (Å²) in [7, 11) is 0. The van der Waals surface area contributed by atoms with Gasteiger partial charge in [0, 0.05) is 0 Å². The van der Waals surface area contributed by atoms with Crippen LogP contribution in [0, 0.1) is 18.3 Å². The van der Waals surface area contributed by atoms with Crippen LogP contribution in [0.3, 0.4) is 0 Å². The van der Waals surface area contributed by atoms with E-state index in [0.29, 0.717) is 5.75 Å². The monoisotopic (exact) mass is 235 g/mol. The molecule has 0 amide bonds. The summed E-state index contributed by atoms with van der Waals surface area (Å²) in [6.45, 7) is 2.82. The van der Waals surface area contributed by atoms with Crippen LogP contribution in [0.15, 0.2) is 24.3 Å². The number of benzene rings is 1. The second-order valence-electron chi connectivity index (χ2n) is 3.58. The van der Waals surface area contributed by atoms with E-state index in [1.54, 1.807) is 11.8 Å². The van der Waals surface area contributed by atoms with Crippen molar-refractivity contribution in [2.45, 2.75) is 19.8 Å². The number of hydrogen-bond acceptors (Lipinski definition) is 3.